The van der Waals surface area contributed by atoms with Gasteiger partial charge >= 0.3 is 0 Å². The highest BCUT2D eigenvalue weighted by molar-refractivity contribution is 6.34. The molecule has 0 aromatic heterocycles. The molecule has 0 bridgehead atoms. The van der Waals surface area contributed by atoms with Crippen molar-refractivity contribution in [2.45, 2.75) is 13.0 Å². The number of halogens is 1. The lowest BCUT2D eigenvalue weighted by Gasteiger charge is -2.23. The van der Waals surface area contributed by atoms with Crippen molar-refractivity contribution in [1.29, 1.82) is 0 Å². The largest absolute Gasteiger partial charge is 0.356 e. The Morgan fingerprint density at radius 3 is 2.80 bits per heavy atom. The maximum atomic E-state index is 11.3. The molecule has 4 heteroatoms. The zero-order valence-corrected chi connectivity index (χ0v) is 11.7. The van der Waals surface area contributed by atoms with Crippen molar-refractivity contribution in [3.05, 3.63) is 64.2 Å². The van der Waals surface area contributed by atoms with E-state index in [1.165, 1.54) is 0 Å². The second-order valence-electron chi connectivity index (χ2n) is 4.76. The topological polar surface area (TPSA) is 41.5 Å². The van der Waals surface area contributed by atoms with E-state index in [1.54, 1.807) is 0 Å². The number of aldehydes is 1. The van der Waals surface area contributed by atoms with Gasteiger partial charge in [0, 0.05) is 11.1 Å². The number of hydrogen-bond acceptors (Lipinski definition) is 3. The van der Waals surface area contributed by atoms with Crippen molar-refractivity contribution < 1.29 is 4.79 Å². The molecule has 0 saturated carbocycles. The molecule has 1 N–H and O–H groups in total. The third-order valence-corrected chi connectivity index (χ3v) is 3.62. The van der Waals surface area contributed by atoms with Crippen LogP contribution in [0.2, 0.25) is 5.02 Å². The van der Waals surface area contributed by atoms with E-state index >= 15 is 0 Å². The summed E-state index contributed by atoms with van der Waals surface area (Å²) >= 11 is 6.27. The number of benzene rings is 2. The van der Waals surface area contributed by atoms with E-state index in [4.69, 9.17) is 11.6 Å². The average Bonchev–Trinajstić information content (AvgIpc) is 2.46. The predicted molar refractivity (Wildman–Crippen MR) is 80.8 cm³/mol. The molecule has 100 valence electrons. The molecule has 0 amide bonds. The third-order valence-electron chi connectivity index (χ3n) is 3.31. The minimum atomic E-state index is -0.393. The number of carbonyl (C=O) groups excluding carboxylic acids is 1. The molecule has 0 fully saturated rings. The standard InChI is InChI=1S/C16H13ClN2O/c1-10-6-7-11(13(17)8-10)16-18-14-5-3-2-4-12(14)15(9-20)19-16/h2-9,15H,1H3,(H,18,19). The molecule has 1 unspecified atom stereocenters. The van der Waals surface area contributed by atoms with Crippen LogP contribution in [0.3, 0.4) is 0 Å². The number of amidine groups is 1. The first-order valence-corrected chi connectivity index (χ1v) is 6.73. The fraction of sp³-hybridized carbons (Fsp3) is 0.125. The summed E-state index contributed by atoms with van der Waals surface area (Å²) in [6.45, 7) is 1.98. The molecule has 20 heavy (non-hydrogen) atoms. The monoisotopic (exact) mass is 284 g/mol. The first-order chi connectivity index (χ1) is 9.69. The SMILES string of the molecule is Cc1ccc(C2=Nc3ccccc3C(C=O)N2)c(Cl)c1. The molecule has 1 aliphatic heterocycles. The van der Waals surface area contributed by atoms with Gasteiger partial charge < -0.3 is 10.1 Å². The zero-order valence-electron chi connectivity index (χ0n) is 10.9. The molecule has 3 rings (SSSR count). The fourth-order valence-corrected chi connectivity index (χ4v) is 2.61. The highest BCUT2D eigenvalue weighted by Crippen LogP contribution is 2.30. The maximum Gasteiger partial charge on any atom is 0.146 e. The highest BCUT2D eigenvalue weighted by atomic mass is 35.5. The number of para-hydroxylation sites is 1. The number of nitrogens with zero attached hydrogens (tertiary/aromatic N) is 1. The molecule has 0 saturated heterocycles. The fourth-order valence-electron chi connectivity index (χ4n) is 2.29. The molecule has 0 spiro atoms. The second kappa shape index (κ2) is 5.10. The van der Waals surface area contributed by atoms with E-state index in [-0.39, 0.29) is 0 Å². The van der Waals surface area contributed by atoms with Crippen LogP contribution in [0.5, 0.6) is 0 Å². The van der Waals surface area contributed by atoms with Crippen molar-refractivity contribution in [2.75, 3.05) is 0 Å². The Bertz CT molecular complexity index is 709. The van der Waals surface area contributed by atoms with Gasteiger partial charge in [0.1, 0.15) is 18.2 Å². The van der Waals surface area contributed by atoms with E-state index in [0.29, 0.717) is 10.9 Å². The number of fused-ring (bicyclic) bond motifs is 1. The summed E-state index contributed by atoms with van der Waals surface area (Å²) in [4.78, 5) is 15.9. The van der Waals surface area contributed by atoms with Crippen LogP contribution in [0, 0.1) is 6.92 Å². The van der Waals surface area contributed by atoms with Crippen molar-refractivity contribution in [3.8, 4) is 0 Å². The van der Waals surface area contributed by atoms with E-state index in [2.05, 4.69) is 10.3 Å². The van der Waals surface area contributed by atoms with Gasteiger partial charge in [-0.05, 0) is 30.7 Å². The minimum Gasteiger partial charge on any atom is -0.356 e. The van der Waals surface area contributed by atoms with Crippen LogP contribution in [0.1, 0.15) is 22.7 Å². The number of aryl methyl sites for hydroxylation is 1. The van der Waals surface area contributed by atoms with Crippen LogP contribution in [0.4, 0.5) is 5.69 Å². The number of nitrogens with one attached hydrogen (secondary N) is 1. The van der Waals surface area contributed by atoms with Gasteiger partial charge in [0.25, 0.3) is 0 Å². The molecular formula is C16H13ClN2O. The van der Waals surface area contributed by atoms with Crippen molar-refractivity contribution >= 4 is 29.4 Å². The first-order valence-electron chi connectivity index (χ1n) is 6.35. The van der Waals surface area contributed by atoms with Crippen LogP contribution < -0.4 is 5.32 Å². The van der Waals surface area contributed by atoms with E-state index in [9.17, 15) is 4.79 Å². The predicted octanol–water partition coefficient (Wildman–Crippen LogP) is 3.57. The van der Waals surface area contributed by atoms with Gasteiger partial charge in [-0.3, -0.25) is 0 Å². The van der Waals surface area contributed by atoms with E-state index < -0.39 is 6.04 Å². The maximum absolute atomic E-state index is 11.3. The van der Waals surface area contributed by atoms with Crippen molar-refractivity contribution in [1.82, 2.24) is 5.32 Å². The minimum absolute atomic E-state index is 0.393. The Hall–Kier alpha value is -2.13. The molecule has 3 nitrogen and oxygen atoms in total. The number of rotatable bonds is 2. The quantitative estimate of drug-likeness (QED) is 0.857. The Labute approximate surface area is 122 Å². The average molecular weight is 285 g/mol. The lowest BCUT2D eigenvalue weighted by Crippen LogP contribution is -2.33. The lowest BCUT2D eigenvalue weighted by molar-refractivity contribution is -0.109. The molecule has 1 heterocycles. The molecular weight excluding hydrogens is 272 g/mol. The summed E-state index contributed by atoms with van der Waals surface area (Å²) in [6.07, 6.45) is 0.885. The smallest absolute Gasteiger partial charge is 0.146 e. The van der Waals surface area contributed by atoms with Gasteiger partial charge in [-0.2, -0.15) is 0 Å². The van der Waals surface area contributed by atoms with Gasteiger partial charge in [-0.25, -0.2) is 4.99 Å². The van der Waals surface area contributed by atoms with Gasteiger partial charge in [-0.1, -0.05) is 35.9 Å². The van der Waals surface area contributed by atoms with Gasteiger partial charge in [0.15, 0.2) is 0 Å². The Morgan fingerprint density at radius 2 is 2.05 bits per heavy atom. The number of aliphatic imine (C=N–C) groups is 1. The third kappa shape index (κ3) is 2.21. The number of hydrogen-bond donors (Lipinski definition) is 1. The summed E-state index contributed by atoms with van der Waals surface area (Å²) < 4.78 is 0. The summed E-state index contributed by atoms with van der Waals surface area (Å²) in [6, 6.07) is 13.0. The lowest BCUT2D eigenvalue weighted by atomic mass is 10.0. The summed E-state index contributed by atoms with van der Waals surface area (Å²) in [5.74, 6) is 0.630. The summed E-state index contributed by atoms with van der Waals surface area (Å²) in [5, 5.41) is 3.76. The van der Waals surface area contributed by atoms with Crippen LogP contribution in [0.15, 0.2) is 47.5 Å². The van der Waals surface area contributed by atoms with E-state index in [1.807, 2.05) is 49.4 Å². The first kappa shape index (κ1) is 12.9. The molecule has 1 atom stereocenters. The van der Waals surface area contributed by atoms with Gasteiger partial charge in [0.2, 0.25) is 0 Å². The second-order valence-corrected chi connectivity index (χ2v) is 5.17. The Kier molecular flexibility index (Phi) is 3.28. The molecule has 1 aliphatic rings. The number of carbonyl (C=O) groups is 1. The van der Waals surface area contributed by atoms with E-state index in [0.717, 1.165) is 28.7 Å². The van der Waals surface area contributed by atoms with Crippen molar-refractivity contribution in [2.24, 2.45) is 4.99 Å². The summed E-state index contributed by atoms with van der Waals surface area (Å²) in [5.41, 5.74) is 3.57. The van der Waals surface area contributed by atoms with Gasteiger partial charge in [-0.15, -0.1) is 0 Å². The molecule has 2 aromatic rings. The van der Waals surface area contributed by atoms with Crippen LogP contribution in [-0.2, 0) is 4.79 Å². The van der Waals surface area contributed by atoms with Crippen LogP contribution in [0.25, 0.3) is 0 Å². The zero-order chi connectivity index (χ0) is 14.1. The van der Waals surface area contributed by atoms with Crippen molar-refractivity contribution in [3.63, 3.8) is 0 Å². The van der Waals surface area contributed by atoms with Crippen LogP contribution >= 0.6 is 11.6 Å². The molecule has 2 aromatic carbocycles. The summed E-state index contributed by atoms with van der Waals surface area (Å²) in [7, 11) is 0. The normalized spacial score (nSPS) is 16.9. The van der Waals surface area contributed by atoms with Crippen LogP contribution in [-0.4, -0.2) is 12.1 Å². The van der Waals surface area contributed by atoms with Gasteiger partial charge in [0.05, 0.1) is 10.7 Å². The molecule has 0 radical (unpaired) electrons. The Balaban J connectivity index is 2.12. The highest BCUT2D eigenvalue weighted by Gasteiger charge is 2.22. The Morgan fingerprint density at radius 1 is 1.25 bits per heavy atom. The molecule has 0 aliphatic carbocycles.